The molecule has 0 heterocycles. The summed E-state index contributed by atoms with van der Waals surface area (Å²) in [5.74, 6) is 0.595. The molecular formula is C21H18F3N3O3S2. The van der Waals surface area contributed by atoms with Gasteiger partial charge in [0.05, 0.1) is 17.6 Å². The van der Waals surface area contributed by atoms with Gasteiger partial charge in [0.1, 0.15) is 5.75 Å². The number of sulfonamides is 1. The SMILES string of the molecule is COc1ccc(NS(=O)(=O)c2ccc(NC(=S)Nc3cccc(C(F)(F)F)c3)cc2)cc1. The molecule has 0 atom stereocenters. The fourth-order valence-electron chi connectivity index (χ4n) is 2.66. The lowest BCUT2D eigenvalue weighted by Crippen LogP contribution is -2.19. The number of hydrogen-bond donors (Lipinski definition) is 3. The van der Waals surface area contributed by atoms with Crippen LogP contribution in [0.2, 0.25) is 0 Å². The van der Waals surface area contributed by atoms with Gasteiger partial charge in [-0.3, -0.25) is 4.72 Å². The van der Waals surface area contributed by atoms with Gasteiger partial charge in [0, 0.05) is 17.1 Å². The quantitative estimate of drug-likeness (QED) is 0.414. The van der Waals surface area contributed by atoms with Crippen molar-refractivity contribution < 1.29 is 26.3 Å². The Hall–Kier alpha value is -3.31. The molecule has 6 nitrogen and oxygen atoms in total. The molecule has 168 valence electrons. The van der Waals surface area contributed by atoms with Gasteiger partial charge in [0.25, 0.3) is 10.0 Å². The summed E-state index contributed by atoms with van der Waals surface area (Å²) < 4.78 is 71.1. The average Bonchev–Trinajstić information content (AvgIpc) is 2.74. The standard InChI is InChI=1S/C21H18F3N3O3S2/c1-30-18-9-5-16(6-10-18)27-32(28,29)19-11-7-15(8-12-19)25-20(31)26-17-4-2-3-14(13-17)21(22,23)24/h2-13,27H,1H3,(H2,25,26,31). The second kappa shape index (κ2) is 9.45. The van der Waals surface area contributed by atoms with Crippen LogP contribution in [0, 0.1) is 0 Å². The van der Waals surface area contributed by atoms with E-state index in [4.69, 9.17) is 17.0 Å². The summed E-state index contributed by atoms with van der Waals surface area (Å²) in [6.45, 7) is 0. The molecule has 3 aromatic rings. The molecule has 11 heteroatoms. The van der Waals surface area contributed by atoms with Crippen LogP contribution in [0.4, 0.5) is 30.2 Å². The maximum absolute atomic E-state index is 12.8. The summed E-state index contributed by atoms with van der Waals surface area (Å²) >= 11 is 5.12. The Bertz CT molecular complexity index is 1200. The number of thiocarbonyl (C=S) groups is 1. The van der Waals surface area contributed by atoms with Crippen molar-refractivity contribution in [2.24, 2.45) is 0 Å². The van der Waals surface area contributed by atoms with E-state index in [-0.39, 0.29) is 15.7 Å². The zero-order valence-corrected chi connectivity index (χ0v) is 18.2. The predicted molar refractivity (Wildman–Crippen MR) is 122 cm³/mol. The number of halogens is 3. The molecule has 32 heavy (non-hydrogen) atoms. The van der Waals surface area contributed by atoms with Crippen LogP contribution in [0.25, 0.3) is 0 Å². The van der Waals surface area contributed by atoms with E-state index in [9.17, 15) is 21.6 Å². The van der Waals surface area contributed by atoms with E-state index in [1.54, 1.807) is 24.3 Å². The molecule has 0 saturated carbocycles. The van der Waals surface area contributed by atoms with Crippen LogP contribution in [0.5, 0.6) is 5.75 Å². The third-order valence-electron chi connectivity index (χ3n) is 4.21. The minimum Gasteiger partial charge on any atom is -0.497 e. The van der Waals surface area contributed by atoms with Crippen LogP contribution in [0.1, 0.15) is 5.56 Å². The molecule has 0 aromatic heterocycles. The molecule has 0 amide bonds. The Balaban J connectivity index is 1.64. The van der Waals surface area contributed by atoms with E-state index >= 15 is 0 Å². The van der Waals surface area contributed by atoms with Gasteiger partial charge in [-0.1, -0.05) is 6.07 Å². The number of methoxy groups -OCH3 is 1. The summed E-state index contributed by atoms with van der Waals surface area (Å²) in [4.78, 5) is 0.0237. The summed E-state index contributed by atoms with van der Waals surface area (Å²) in [6.07, 6.45) is -4.46. The van der Waals surface area contributed by atoms with Crippen molar-refractivity contribution in [2.75, 3.05) is 22.5 Å². The number of rotatable bonds is 6. The monoisotopic (exact) mass is 481 g/mol. The van der Waals surface area contributed by atoms with E-state index in [1.807, 2.05) is 0 Å². The van der Waals surface area contributed by atoms with Gasteiger partial charge >= 0.3 is 6.18 Å². The number of anilines is 3. The first-order valence-corrected chi connectivity index (χ1v) is 11.0. The van der Waals surface area contributed by atoms with Crippen LogP contribution in [-0.2, 0) is 16.2 Å². The van der Waals surface area contributed by atoms with E-state index in [1.165, 1.54) is 43.5 Å². The molecule has 3 aromatic carbocycles. The lowest BCUT2D eigenvalue weighted by molar-refractivity contribution is -0.137. The molecule has 0 saturated heterocycles. The highest BCUT2D eigenvalue weighted by atomic mass is 32.2. The third kappa shape index (κ3) is 6.11. The van der Waals surface area contributed by atoms with Crippen molar-refractivity contribution in [1.29, 1.82) is 0 Å². The fourth-order valence-corrected chi connectivity index (χ4v) is 3.95. The van der Waals surface area contributed by atoms with Gasteiger partial charge in [0.15, 0.2) is 5.11 Å². The van der Waals surface area contributed by atoms with Gasteiger partial charge in [-0.25, -0.2) is 8.42 Å². The summed E-state index contributed by atoms with van der Waals surface area (Å²) in [7, 11) is -2.31. The minimum atomic E-state index is -4.46. The Morgan fingerprint density at radius 1 is 0.875 bits per heavy atom. The highest BCUT2D eigenvalue weighted by Gasteiger charge is 2.30. The molecule has 0 aliphatic rings. The fraction of sp³-hybridized carbons (Fsp3) is 0.0952. The molecular weight excluding hydrogens is 463 g/mol. The second-order valence-electron chi connectivity index (χ2n) is 6.52. The average molecular weight is 482 g/mol. The molecule has 0 aliphatic carbocycles. The summed E-state index contributed by atoms with van der Waals surface area (Å²) in [5.41, 5.74) is 0.196. The maximum atomic E-state index is 12.8. The van der Waals surface area contributed by atoms with Gasteiger partial charge in [-0.15, -0.1) is 0 Å². The van der Waals surface area contributed by atoms with E-state index in [0.717, 1.165) is 12.1 Å². The molecule has 0 aliphatic heterocycles. The van der Waals surface area contributed by atoms with Crippen molar-refractivity contribution in [2.45, 2.75) is 11.1 Å². The summed E-state index contributed by atoms with van der Waals surface area (Å²) in [5, 5.41) is 5.52. The Morgan fingerprint density at radius 3 is 2.06 bits per heavy atom. The normalized spacial score (nSPS) is 11.5. The number of ether oxygens (including phenoxy) is 1. The molecule has 0 fully saturated rings. The van der Waals surface area contributed by atoms with Crippen LogP contribution in [0.3, 0.4) is 0 Å². The minimum absolute atomic E-state index is 0.0237. The van der Waals surface area contributed by atoms with Crippen molar-refractivity contribution in [3.8, 4) is 5.75 Å². The number of nitrogens with one attached hydrogen (secondary N) is 3. The van der Waals surface area contributed by atoms with Crippen LogP contribution in [0.15, 0.2) is 77.7 Å². The van der Waals surface area contributed by atoms with Gasteiger partial charge in [-0.2, -0.15) is 13.2 Å². The molecule has 0 radical (unpaired) electrons. The topological polar surface area (TPSA) is 79.5 Å². The van der Waals surface area contributed by atoms with Crippen molar-refractivity contribution in [3.05, 3.63) is 78.4 Å². The van der Waals surface area contributed by atoms with E-state index < -0.39 is 21.8 Å². The van der Waals surface area contributed by atoms with Crippen LogP contribution < -0.4 is 20.1 Å². The smallest absolute Gasteiger partial charge is 0.416 e. The van der Waals surface area contributed by atoms with Crippen molar-refractivity contribution in [3.63, 3.8) is 0 Å². The van der Waals surface area contributed by atoms with Gasteiger partial charge < -0.3 is 15.4 Å². The lowest BCUT2D eigenvalue weighted by Gasteiger charge is -2.13. The van der Waals surface area contributed by atoms with E-state index in [0.29, 0.717) is 17.1 Å². The second-order valence-corrected chi connectivity index (χ2v) is 8.61. The molecule has 3 N–H and O–H groups in total. The Morgan fingerprint density at radius 2 is 1.47 bits per heavy atom. The molecule has 3 rings (SSSR count). The van der Waals surface area contributed by atoms with Crippen LogP contribution in [-0.4, -0.2) is 20.6 Å². The summed E-state index contributed by atoms with van der Waals surface area (Å²) in [6, 6.07) is 16.7. The maximum Gasteiger partial charge on any atom is 0.416 e. The number of alkyl halides is 3. The van der Waals surface area contributed by atoms with Crippen molar-refractivity contribution >= 4 is 44.4 Å². The number of benzene rings is 3. The van der Waals surface area contributed by atoms with Crippen LogP contribution >= 0.6 is 12.2 Å². The Kier molecular flexibility index (Phi) is 6.90. The van der Waals surface area contributed by atoms with Gasteiger partial charge in [-0.05, 0) is 78.9 Å². The zero-order valence-electron chi connectivity index (χ0n) is 16.6. The number of hydrogen-bond acceptors (Lipinski definition) is 4. The lowest BCUT2D eigenvalue weighted by atomic mass is 10.2. The first-order valence-electron chi connectivity index (χ1n) is 9.09. The highest BCUT2D eigenvalue weighted by Crippen LogP contribution is 2.30. The molecule has 0 unspecified atom stereocenters. The zero-order chi connectivity index (χ0) is 23.4. The predicted octanol–water partition coefficient (Wildman–Crippen LogP) is 5.32. The largest absolute Gasteiger partial charge is 0.497 e. The molecule has 0 spiro atoms. The highest BCUT2D eigenvalue weighted by molar-refractivity contribution is 7.92. The first-order chi connectivity index (χ1) is 15.1. The van der Waals surface area contributed by atoms with Crippen molar-refractivity contribution in [1.82, 2.24) is 0 Å². The Labute approximate surface area is 188 Å². The first kappa shape index (κ1) is 23.4. The third-order valence-corrected chi connectivity index (χ3v) is 5.81. The van der Waals surface area contributed by atoms with E-state index in [2.05, 4.69) is 15.4 Å². The molecule has 0 bridgehead atoms. The van der Waals surface area contributed by atoms with Gasteiger partial charge in [0.2, 0.25) is 0 Å².